The van der Waals surface area contributed by atoms with Gasteiger partial charge in [0, 0.05) is 17.0 Å². The highest BCUT2D eigenvalue weighted by molar-refractivity contribution is 5.98. The maximum absolute atomic E-state index is 12.2. The molecule has 0 saturated carbocycles. The second-order valence-corrected chi connectivity index (χ2v) is 5.32. The van der Waals surface area contributed by atoms with Crippen LogP contribution in [0.5, 0.6) is 11.5 Å². The van der Waals surface area contributed by atoms with Crippen LogP contribution >= 0.6 is 0 Å². The fourth-order valence-electron chi connectivity index (χ4n) is 2.46. The van der Waals surface area contributed by atoms with E-state index in [0.717, 1.165) is 22.2 Å². The summed E-state index contributed by atoms with van der Waals surface area (Å²) < 4.78 is 10.4. The molecule has 0 radical (unpaired) electrons. The van der Waals surface area contributed by atoms with Gasteiger partial charge in [0.25, 0.3) is 5.91 Å². The average molecular weight is 334 g/mol. The van der Waals surface area contributed by atoms with Gasteiger partial charge in [-0.05, 0) is 30.3 Å². The van der Waals surface area contributed by atoms with Crippen LogP contribution in [0.4, 0.5) is 0 Å². The predicted molar refractivity (Wildman–Crippen MR) is 97.1 cm³/mol. The molecule has 5 nitrogen and oxygen atoms in total. The van der Waals surface area contributed by atoms with Crippen LogP contribution in [-0.2, 0) is 0 Å². The Balaban J connectivity index is 1.66. The van der Waals surface area contributed by atoms with Crippen molar-refractivity contribution in [1.29, 1.82) is 0 Å². The lowest BCUT2D eigenvalue weighted by atomic mass is 10.2. The van der Waals surface area contributed by atoms with Gasteiger partial charge in [-0.25, -0.2) is 0 Å². The maximum Gasteiger partial charge on any atom is 0.268 e. The Morgan fingerprint density at radius 1 is 1.12 bits per heavy atom. The third kappa shape index (κ3) is 3.75. The fraction of sp³-hybridized carbons (Fsp3) is 0.150. The van der Waals surface area contributed by atoms with Gasteiger partial charge < -0.3 is 19.8 Å². The number of nitrogens with one attached hydrogen (secondary N) is 2. The van der Waals surface area contributed by atoms with Crippen molar-refractivity contribution in [3.8, 4) is 23.3 Å². The van der Waals surface area contributed by atoms with Crippen LogP contribution in [0.2, 0.25) is 0 Å². The first-order valence-corrected chi connectivity index (χ1v) is 7.78. The minimum absolute atomic E-state index is 0.204. The van der Waals surface area contributed by atoms with Crippen LogP contribution in [0.25, 0.3) is 10.9 Å². The van der Waals surface area contributed by atoms with Crippen molar-refractivity contribution in [2.24, 2.45) is 0 Å². The molecule has 2 aromatic carbocycles. The van der Waals surface area contributed by atoms with E-state index >= 15 is 0 Å². The number of methoxy groups -OCH3 is 2. The van der Waals surface area contributed by atoms with Crippen LogP contribution in [0, 0.1) is 11.8 Å². The molecule has 0 unspecified atom stereocenters. The van der Waals surface area contributed by atoms with Crippen molar-refractivity contribution >= 4 is 16.8 Å². The van der Waals surface area contributed by atoms with Gasteiger partial charge in [0.15, 0.2) is 0 Å². The van der Waals surface area contributed by atoms with Gasteiger partial charge in [-0.3, -0.25) is 4.79 Å². The second-order valence-electron chi connectivity index (χ2n) is 5.32. The van der Waals surface area contributed by atoms with Crippen molar-refractivity contribution < 1.29 is 14.3 Å². The highest BCUT2D eigenvalue weighted by atomic mass is 16.5. The van der Waals surface area contributed by atoms with Gasteiger partial charge in [0.1, 0.15) is 17.2 Å². The molecule has 0 spiro atoms. The number of aromatic amines is 1. The highest BCUT2D eigenvalue weighted by Crippen LogP contribution is 2.21. The Labute approximate surface area is 146 Å². The summed E-state index contributed by atoms with van der Waals surface area (Å²) in [6.07, 6.45) is 0. The molecule has 2 N–H and O–H groups in total. The first-order valence-electron chi connectivity index (χ1n) is 7.78. The van der Waals surface area contributed by atoms with E-state index < -0.39 is 0 Å². The molecule has 0 atom stereocenters. The molecule has 0 saturated heterocycles. The van der Waals surface area contributed by atoms with E-state index in [0.29, 0.717) is 11.4 Å². The Kier molecular flexibility index (Phi) is 4.91. The molecule has 1 heterocycles. The molecular formula is C20H18N2O3. The third-order valence-corrected chi connectivity index (χ3v) is 3.74. The molecule has 0 aliphatic carbocycles. The lowest BCUT2D eigenvalue weighted by Gasteiger charge is -2.01. The van der Waals surface area contributed by atoms with Crippen LogP contribution in [0.3, 0.4) is 0 Å². The number of aromatic nitrogens is 1. The van der Waals surface area contributed by atoms with Crippen LogP contribution in [0.15, 0.2) is 48.5 Å². The number of para-hydroxylation sites is 1. The summed E-state index contributed by atoms with van der Waals surface area (Å²) in [6.45, 7) is 0.246. The molecule has 1 amide bonds. The SMILES string of the molecule is COc1ccc2cc(C(=O)NCC#Cc3ccccc3OC)[nH]c2c1. The van der Waals surface area contributed by atoms with E-state index in [1.165, 1.54) is 0 Å². The Morgan fingerprint density at radius 2 is 1.96 bits per heavy atom. The zero-order valence-electron chi connectivity index (χ0n) is 14.1. The third-order valence-electron chi connectivity index (χ3n) is 3.74. The molecule has 0 fully saturated rings. The summed E-state index contributed by atoms with van der Waals surface area (Å²) in [5, 5.41) is 3.73. The zero-order chi connectivity index (χ0) is 17.6. The number of hydrogen-bond donors (Lipinski definition) is 2. The number of carbonyl (C=O) groups excluding carboxylic acids is 1. The number of hydrogen-bond acceptors (Lipinski definition) is 3. The summed E-state index contributed by atoms with van der Waals surface area (Å²) in [7, 11) is 3.21. The molecule has 5 heteroatoms. The van der Waals surface area contributed by atoms with Gasteiger partial charge in [-0.2, -0.15) is 0 Å². The van der Waals surface area contributed by atoms with Crippen molar-refractivity contribution in [3.05, 3.63) is 59.8 Å². The summed E-state index contributed by atoms with van der Waals surface area (Å²) in [5.41, 5.74) is 2.13. The molecule has 0 aliphatic heterocycles. The van der Waals surface area contributed by atoms with Crippen molar-refractivity contribution in [2.75, 3.05) is 20.8 Å². The minimum atomic E-state index is -0.204. The first-order chi connectivity index (χ1) is 12.2. The number of rotatable bonds is 4. The average Bonchev–Trinajstić information content (AvgIpc) is 3.08. The molecule has 1 aromatic heterocycles. The zero-order valence-corrected chi connectivity index (χ0v) is 14.1. The monoisotopic (exact) mass is 334 g/mol. The molecule has 3 rings (SSSR count). The predicted octanol–water partition coefficient (Wildman–Crippen LogP) is 2.97. The number of carbonyl (C=O) groups is 1. The fourth-order valence-corrected chi connectivity index (χ4v) is 2.46. The quantitative estimate of drug-likeness (QED) is 0.721. The lowest BCUT2D eigenvalue weighted by Crippen LogP contribution is -2.23. The van der Waals surface area contributed by atoms with Gasteiger partial charge in [0.2, 0.25) is 0 Å². The largest absolute Gasteiger partial charge is 0.497 e. The van der Waals surface area contributed by atoms with Gasteiger partial charge >= 0.3 is 0 Å². The normalized spacial score (nSPS) is 10.0. The topological polar surface area (TPSA) is 63.4 Å². The van der Waals surface area contributed by atoms with Gasteiger partial charge in [-0.15, -0.1) is 0 Å². The molecule has 0 aliphatic rings. The van der Waals surface area contributed by atoms with Gasteiger partial charge in [0.05, 0.1) is 26.3 Å². The number of H-pyrrole nitrogens is 1. The van der Waals surface area contributed by atoms with E-state index in [1.807, 2.05) is 42.5 Å². The van der Waals surface area contributed by atoms with Crippen molar-refractivity contribution in [2.45, 2.75) is 0 Å². The van der Waals surface area contributed by atoms with Crippen LogP contribution in [0.1, 0.15) is 16.1 Å². The smallest absolute Gasteiger partial charge is 0.268 e. The Hall–Kier alpha value is -3.39. The maximum atomic E-state index is 12.2. The minimum Gasteiger partial charge on any atom is -0.497 e. The molecule has 0 bridgehead atoms. The summed E-state index contributed by atoms with van der Waals surface area (Å²) in [6, 6.07) is 14.9. The summed E-state index contributed by atoms with van der Waals surface area (Å²) in [5.74, 6) is 7.18. The van der Waals surface area contributed by atoms with E-state index in [2.05, 4.69) is 22.1 Å². The Morgan fingerprint density at radius 3 is 2.76 bits per heavy atom. The number of ether oxygens (including phenoxy) is 2. The summed E-state index contributed by atoms with van der Waals surface area (Å²) >= 11 is 0. The van der Waals surface area contributed by atoms with E-state index in [1.54, 1.807) is 20.3 Å². The number of benzene rings is 2. The molecule has 3 aromatic rings. The first kappa shape index (κ1) is 16.5. The molecular weight excluding hydrogens is 316 g/mol. The van der Waals surface area contributed by atoms with E-state index in [9.17, 15) is 4.79 Å². The van der Waals surface area contributed by atoms with Crippen molar-refractivity contribution in [3.63, 3.8) is 0 Å². The number of fused-ring (bicyclic) bond motifs is 1. The second kappa shape index (κ2) is 7.45. The lowest BCUT2D eigenvalue weighted by molar-refractivity contribution is 0.0954. The number of amides is 1. The summed E-state index contributed by atoms with van der Waals surface area (Å²) in [4.78, 5) is 15.3. The molecule has 25 heavy (non-hydrogen) atoms. The van der Waals surface area contributed by atoms with Crippen LogP contribution < -0.4 is 14.8 Å². The highest BCUT2D eigenvalue weighted by Gasteiger charge is 2.09. The standard InChI is InChI=1S/C20H18N2O3/c1-24-16-10-9-15-12-18(22-17(15)13-16)20(23)21-11-5-7-14-6-3-4-8-19(14)25-2/h3-4,6,8-10,12-13,22H,11H2,1-2H3,(H,21,23). The molecule has 126 valence electrons. The van der Waals surface area contributed by atoms with E-state index in [4.69, 9.17) is 9.47 Å². The van der Waals surface area contributed by atoms with E-state index in [-0.39, 0.29) is 12.5 Å². The van der Waals surface area contributed by atoms with Crippen LogP contribution in [-0.4, -0.2) is 31.7 Å². The van der Waals surface area contributed by atoms with Gasteiger partial charge in [-0.1, -0.05) is 24.0 Å². The van der Waals surface area contributed by atoms with Crippen molar-refractivity contribution in [1.82, 2.24) is 10.3 Å². The Bertz CT molecular complexity index is 964.